The van der Waals surface area contributed by atoms with Crippen LogP contribution in [0.4, 0.5) is 0 Å². The minimum Gasteiger partial charge on any atom is -0.211 e. The molecule has 0 heterocycles. The lowest BCUT2D eigenvalue weighted by molar-refractivity contribution is 0.201. The van der Waals surface area contributed by atoms with Crippen molar-refractivity contribution in [3.8, 4) is 0 Å². The standard InChI is InChI=1S/C11H19NO/c1-8(2)10-5-4-9(3)6-11(10)12-7-13/h8-11H,4-6H2,1-3H3/t9-,10+,11+/m1/s1. The van der Waals surface area contributed by atoms with E-state index in [9.17, 15) is 4.79 Å². The lowest BCUT2D eigenvalue weighted by Gasteiger charge is -2.33. The fraction of sp³-hybridized carbons (Fsp3) is 0.909. The summed E-state index contributed by atoms with van der Waals surface area (Å²) < 4.78 is 0. The van der Waals surface area contributed by atoms with Gasteiger partial charge < -0.3 is 0 Å². The number of aliphatic imine (C=N–C) groups is 1. The second kappa shape index (κ2) is 4.57. The molecule has 0 aliphatic heterocycles. The third-order valence-corrected chi connectivity index (χ3v) is 3.21. The van der Waals surface area contributed by atoms with Gasteiger partial charge in [-0.25, -0.2) is 9.79 Å². The van der Waals surface area contributed by atoms with Crippen LogP contribution < -0.4 is 0 Å². The van der Waals surface area contributed by atoms with Crippen molar-refractivity contribution in [2.45, 2.75) is 46.1 Å². The van der Waals surface area contributed by atoms with Crippen LogP contribution >= 0.6 is 0 Å². The molecule has 0 amide bonds. The van der Waals surface area contributed by atoms with Crippen molar-refractivity contribution in [3.05, 3.63) is 0 Å². The van der Waals surface area contributed by atoms with Crippen molar-refractivity contribution in [2.24, 2.45) is 22.7 Å². The molecule has 1 aliphatic rings. The van der Waals surface area contributed by atoms with Gasteiger partial charge in [0.15, 0.2) is 0 Å². The molecule has 3 atom stereocenters. The van der Waals surface area contributed by atoms with Gasteiger partial charge in [-0.15, -0.1) is 0 Å². The molecular formula is C11H19NO. The first kappa shape index (κ1) is 10.5. The maximum Gasteiger partial charge on any atom is 0.235 e. The Bertz CT molecular complexity index is 206. The molecule has 74 valence electrons. The average Bonchev–Trinajstić information content (AvgIpc) is 2.04. The Kier molecular flexibility index (Phi) is 3.68. The minimum atomic E-state index is 0.237. The van der Waals surface area contributed by atoms with Gasteiger partial charge in [0.2, 0.25) is 6.08 Å². The van der Waals surface area contributed by atoms with Crippen molar-refractivity contribution in [1.82, 2.24) is 0 Å². The molecular weight excluding hydrogens is 162 g/mol. The van der Waals surface area contributed by atoms with Crippen LogP contribution in [0.5, 0.6) is 0 Å². The predicted molar refractivity (Wildman–Crippen MR) is 53.3 cm³/mol. The number of rotatable bonds is 2. The SMILES string of the molecule is CC(C)[C@@H]1CC[C@@H](C)C[C@@H]1N=C=O. The highest BCUT2D eigenvalue weighted by Crippen LogP contribution is 2.34. The average molecular weight is 181 g/mol. The van der Waals surface area contributed by atoms with Gasteiger partial charge in [0.25, 0.3) is 0 Å². The van der Waals surface area contributed by atoms with E-state index >= 15 is 0 Å². The molecule has 13 heavy (non-hydrogen) atoms. The summed E-state index contributed by atoms with van der Waals surface area (Å²) in [5.74, 6) is 1.95. The van der Waals surface area contributed by atoms with Gasteiger partial charge in [-0.05, 0) is 30.6 Å². The predicted octanol–water partition coefficient (Wildman–Crippen LogP) is 2.78. The topological polar surface area (TPSA) is 29.4 Å². The number of carbonyl (C=O) groups excluding carboxylic acids is 1. The molecule has 0 radical (unpaired) electrons. The summed E-state index contributed by atoms with van der Waals surface area (Å²) in [7, 11) is 0. The molecule has 0 saturated heterocycles. The van der Waals surface area contributed by atoms with Crippen LogP contribution in [0.25, 0.3) is 0 Å². The summed E-state index contributed by atoms with van der Waals surface area (Å²) in [6, 6.07) is 0.237. The third kappa shape index (κ3) is 2.67. The van der Waals surface area contributed by atoms with E-state index in [1.807, 2.05) is 0 Å². The van der Waals surface area contributed by atoms with E-state index in [0.717, 1.165) is 12.3 Å². The molecule has 0 aromatic carbocycles. The van der Waals surface area contributed by atoms with Gasteiger partial charge in [0.05, 0.1) is 6.04 Å². The van der Waals surface area contributed by atoms with Crippen LogP contribution in [0.1, 0.15) is 40.0 Å². The summed E-state index contributed by atoms with van der Waals surface area (Å²) in [5, 5.41) is 0. The van der Waals surface area contributed by atoms with E-state index in [4.69, 9.17) is 0 Å². The van der Waals surface area contributed by atoms with Crippen LogP contribution in [0, 0.1) is 17.8 Å². The highest BCUT2D eigenvalue weighted by atomic mass is 16.1. The maximum atomic E-state index is 10.3. The summed E-state index contributed by atoms with van der Waals surface area (Å²) in [4.78, 5) is 14.2. The summed E-state index contributed by atoms with van der Waals surface area (Å²) in [6.07, 6.45) is 5.29. The molecule has 0 aromatic rings. The Labute approximate surface area is 80.4 Å². The van der Waals surface area contributed by atoms with Crippen LogP contribution in [-0.2, 0) is 4.79 Å². The van der Waals surface area contributed by atoms with Crippen molar-refractivity contribution in [3.63, 3.8) is 0 Å². The molecule has 0 aromatic heterocycles. The molecule has 2 nitrogen and oxygen atoms in total. The van der Waals surface area contributed by atoms with Crippen LogP contribution in [0.2, 0.25) is 0 Å². The Morgan fingerprint density at radius 1 is 1.38 bits per heavy atom. The number of hydrogen-bond acceptors (Lipinski definition) is 2. The van der Waals surface area contributed by atoms with Gasteiger partial charge in [-0.3, -0.25) is 0 Å². The molecule has 0 bridgehead atoms. The highest BCUT2D eigenvalue weighted by molar-refractivity contribution is 5.33. The molecule has 1 rings (SSSR count). The van der Waals surface area contributed by atoms with Crippen LogP contribution in [0.3, 0.4) is 0 Å². The van der Waals surface area contributed by atoms with E-state index in [1.165, 1.54) is 12.8 Å². The Balaban J connectivity index is 2.65. The zero-order valence-corrected chi connectivity index (χ0v) is 8.79. The zero-order valence-electron chi connectivity index (χ0n) is 8.79. The van der Waals surface area contributed by atoms with Gasteiger partial charge in [-0.1, -0.05) is 27.2 Å². The summed E-state index contributed by atoms with van der Waals surface area (Å²) in [6.45, 7) is 6.67. The summed E-state index contributed by atoms with van der Waals surface area (Å²) in [5.41, 5.74) is 0. The normalized spacial score (nSPS) is 34.3. The van der Waals surface area contributed by atoms with Crippen molar-refractivity contribution >= 4 is 6.08 Å². The van der Waals surface area contributed by atoms with Gasteiger partial charge >= 0.3 is 0 Å². The Hall–Kier alpha value is -0.620. The number of isocyanates is 1. The van der Waals surface area contributed by atoms with E-state index in [0.29, 0.717) is 11.8 Å². The molecule has 0 spiro atoms. The van der Waals surface area contributed by atoms with Crippen molar-refractivity contribution in [1.29, 1.82) is 0 Å². The first-order chi connectivity index (χ1) is 6.15. The molecule has 0 N–H and O–H groups in total. The van der Waals surface area contributed by atoms with E-state index in [2.05, 4.69) is 25.8 Å². The molecule has 0 unspecified atom stereocenters. The Morgan fingerprint density at radius 3 is 2.62 bits per heavy atom. The van der Waals surface area contributed by atoms with E-state index in [1.54, 1.807) is 6.08 Å². The van der Waals surface area contributed by atoms with Gasteiger partial charge in [0, 0.05) is 0 Å². The number of nitrogens with zero attached hydrogens (tertiary/aromatic N) is 1. The lowest BCUT2D eigenvalue weighted by atomic mass is 9.74. The fourth-order valence-corrected chi connectivity index (χ4v) is 2.37. The quantitative estimate of drug-likeness (QED) is 0.476. The second-order valence-corrected chi connectivity index (χ2v) is 4.61. The molecule has 1 fully saturated rings. The Morgan fingerprint density at radius 2 is 2.08 bits per heavy atom. The molecule has 1 aliphatic carbocycles. The van der Waals surface area contributed by atoms with Crippen LogP contribution in [0.15, 0.2) is 4.99 Å². The smallest absolute Gasteiger partial charge is 0.211 e. The van der Waals surface area contributed by atoms with Crippen LogP contribution in [-0.4, -0.2) is 12.1 Å². The molecule has 1 saturated carbocycles. The second-order valence-electron chi connectivity index (χ2n) is 4.61. The first-order valence-electron chi connectivity index (χ1n) is 5.22. The van der Waals surface area contributed by atoms with Crippen molar-refractivity contribution in [2.75, 3.05) is 0 Å². The monoisotopic (exact) mass is 181 g/mol. The summed E-state index contributed by atoms with van der Waals surface area (Å²) >= 11 is 0. The zero-order chi connectivity index (χ0) is 9.84. The fourth-order valence-electron chi connectivity index (χ4n) is 2.37. The number of hydrogen-bond donors (Lipinski definition) is 0. The largest absolute Gasteiger partial charge is 0.235 e. The first-order valence-corrected chi connectivity index (χ1v) is 5.22. The van der Waals surface area contributed by atoms with Gasteiger partial charge in [0.1, 0.15) is 0 Å². The van der Waals surface area contributed by atoms with E-state index < -0.39 is 0 Å². The lowest BCUT2D eigenvalue weighted by Crippen LogP contribution is -2.30. The van der Waals surface area contributed by atoms with Gasteiger partial charge in [-0.2, -0.15) is 0 Å². The highest BCUT2D eigenvalue weighted by Gasteiger charge is 2.30. The minimum absolute atomic E-state index is 0.237. The van der Waals surface area contributed by atoms with E-state index in [-0.39, 0.29) is 6.04 Å². The maximum absolute atomic E-state index is 10.3. The third-order valence-electron chi connectivity index (χ3n) is 3.21. The molecule has 2 heteroatoms. The van der Waals surface area contributed by atoms with Crippen molar-refractivity contribution < 1.29 is 4.79 Å².